The highest BCUT2D eigenvalue weighted by Gasteiger charge is 2.11. The van der Waals surface area contributed by atoms with Gasteiger partial charge in [-0.05, 0) is 26.0 Å². The molecule has 0 amide bonds. The third-order valence-electron chi connectivity index (χ3n) is 3.50. The molecule has 26 heavy (non-hydrogen) atoms. The Kier molecular flexibility index (Phi) is 5.49. The first-order chi connectivity index (χ1) is 12.4. The number of aromatic nitrogens is 2. The predicted molar refractivity (Wildman–Crippen MR) is 108 cm³/mol. The van der Waals surface area contributed by atoms with Crippen LogP contribution in [0.25, 0.3) is 11.3 Å². The van der Waals surface area contributed by atoms with Crippen molar-refractivity contribution in [3.63, 3.8) is 0 Å². The van der Waals surface area contributed by atoms with Crippen LogP contribution in [0.5, 0.6) is 5.75 Å². The summed E-state index contributed by atoms with van der Waals surface area (Å²) in [4.78, 5) is 9.07. The van der Waals surface area contributed by atoms with E-state index in [0.29, 0.717) is 17.5 Å². The van der Waals surface area contributed by atoms with Gasteiger partial charge in [-0.25, -0.2) is 4.98 Å². The quantitative estimate of drug-likeness (QED) is 0.487. The number of hydrogen-bond acceptors (Lipinski definition) is 5. The molecule has 1 heterocycles. The van der Waals surface area contributed by atoms with Gasteiger partial charge in [0.25, 0.3) is 0 Å². The number of anilines is 3. The second-order valence-electron chi connectivity index (χ2n) is 6.04. The molecule has 0 saturated carbocycles. The molecule has 0 aliphatic rings. The molecule has 0 bridgehead atoms. The van der Waals surface area contributed by atoms with E-state index in [0.717, 1.165) is 11.3 Å². The lowest BCUT2D eigenvalue weighted by atomic mass is 10.1. The molecule has 0 unspecified atom stereocenters. The molecule has 0 aliphatic carbocycles. The highest BCUT2D eigenvalue weighted by atomic mass is 35.5. The maximum absolute atomic E-state index is 9.71. The van der Waals surface area contributed by atoms with Gasteiger partial charge < -0.3 is 15.7 Å². The summed E-state index contributed by atoms with van der Waals surface area (Å²) in [5.74, 6) is 0.952. The number of hydrogen-bond donors (Lipinski definition) is 3. The van der Waals surface area contributed by atoms with E-state index < -0.39 is 0 Å². The number of phenolic OH excluding ortho intramolecular Hbond substituents is 1. The number of halogens is 2. The van der Waals surface area contributed by atoms with Gasteiger partial charge in [0.1, 0.15) is 5.82 Å². The summed E-state index contributed by atoms with van der Waals surface area (Å²) in [6.45, 7) is 4.04. The SMILES string of the molecule is CC(C)Nc1nc(Nc2cc(Cl)c(O)c(Cl)c2)cc(-c2ccccc2)n1. The van der Waals surface area contributed by atoms with Gasteiger partial charge in [0.15, 0.2) is 5.75 Å². The third-order valence-corrected chi connectivity index (χ3v) is 4.08. The van der Waals surface area contributed by atoms with Crippen molar-refractivity contribution >= 4 is 40.7 Å². The molecule has 1 aromatic heterocycles. The third kappa shape index (κ3) is 4.36. The lowest BCUT2D eigenvalue weighted by molar-refractivity contribution is 0.476. The number of rotatable bonds is 5. The van der Waals surface area contributed by atoms with Crippen LogP contribution >= 0.6 is 23.2 Å². The van der Waals surface area contributed by atoms with Crippen LogP contribution < -0.4 is 10.6 Å². The molecule has 0 radical (unpaired) electrons. The molecule has 2 aromatic carbocycles. The molecule has 0 saturated heterocycles. The topological polar surface area (TPSA) is 70.1 Å². The molecule has 5 nitrogen and oxygen atoms in total. The van der Waals surface area contributed by atoms with Crippen LogP contribution in [-0.4, -0.2) is 21.1 Å². The number of nitrogens with zero attached hydrogens (tertiary/aromatic N) is 2. The van der Waals surface area contributed by atoms with Crippen LogP contribution in [0.1, 0.15) is 13.8 Å². The fourth-order valence-corrected chi connectivity index (χ4v) is 2.86. The van der Waals surface area contributed by atoms with E-state index >= 15 is 0 Å². The van der Waals surface area contributed by atoms with Crippen LogP contribution in [0, 0.1) is 0 Å². The van der Waals surface area contributed by atoms with Crippen molar-refractivity contribution in [3.05, 3.63) is 58.6 Å². The van der Waals surface area contributed by atoms with Crippen molar-refractivity contribution in [1.82, 2.24) is 9.97 Å². The minimum atomic E-state index is -0.145. The first-order valence-electron chi connectivity index (χ1n) is 8.08. The Morgan fingerprint density at radius 3 is 2.23 bits per heavy atom. The first kappa shape index (κ1) is 18.3. The van der Waals surface area contributed by atoms with Gasteiger partial charge in [-0.2, -0.15) is 4.98 Å². The first-order valence-corrected chi connectivity index (χ1v) is 8.84. The van der Waals surface area contributed by atoms with Crippen molar-refractivity contribution in [2.75, 3.05) is 10.6 Å². The van der Waals surface area contributed by atoms with Gasteiger partial charge in [0, 0.05) is 23.4 Å². The number of aromatic hydroxyl groups is 1. The zero-order chi connectivity index (χ0) is 18.7. The number of phenols is 1. The molecule has 3 rings (SSSR count). The van der Waals surface area contributed by atoms with Gasteiger partial charge in [0.2, 0.25) is 5.95 Å². The van der Waals surface area contributed by atoms with Gasteiger partial charge in [-0.1, -0.05) is 53.5 Å². The molecule has 3 N–H and O–H groups in total. The zero-order valence-electron chi connectivity index (χ0n) is 14.3. The van der Waals surface area contributed by atoms with Crippen LogP contribution in [0.2, 0.25) is 10.0 Å². The Labute approximate surface area is 162 Å². The fraction of sp³-hybridized carbons (Fsp3) is 0.158. The van der Waals surface area contributed by atoms with E-state index in [1.165, 1.54) is 0 Å². The molecule has 0 aliphatic heterocycles. The predicted octanol–water partition coefficient (Wildman–Crippen LogP) is 5.72. The summed E-state index contributed by atoms with van der Waals surface area (Å²) in [5.41, 5.74) is 2.37. The Balaban J connectivity index is 2.00. The zero-order valence-corrected chi connectivity index (χ0v) is 15.8. The van der Waals surface area contributed by atoms with Crippen molar-refractivity contribution < 1.29 is 5.11 Å². The lowest BCUT2D eigenvalue weighted by Gasteiger charge is -2.14. The average Bonchev–Trinajstić information content (AvgIpc) is 2.59. The molecule has 3 aromatic rings. The monoisotopic (exact) mass is 388 g/mol. The smallest absolute Gasteiger partial charge is 0.225 e. The molecular weight excluding hydrogens is 371 g/mol. The standard InChI is InChI=1S/C19H18Cl2N4O/c1-11(2)22-19-24-16(12-6-4-3-5-7-12)10-17(25-19)23-13-8-14(20)18(26)15(21)9-13/h3-11,26H,1-2H3,(H2,22,23,24,25). The normalized spacial score (nSPS) is 10.8. The molecule has 134 valence electrons. The largest absolute Gasteiger partial charge is 0.505 e. The summed E-state index contributed by atoms with van der Waals surface area (Å²) in [6, 6.07) is 15.0. The van der Waals surface area contributed by atoms with Crippen LogP contribution in [0.4, 0.5) is 17.5 Å². The Hall–Kier alpha value is -2.50. The highest BCUT2D eigenvalue weighted by molar-refractivity contribution is 6.37. The molecular formula is C19H18Cl2N4O. The van der Waals surface area contributed by atoms with Crippen molar-refractivity contribution in [2.45, 2.75) is 19.9 Å². The maximum Gasteiger partial charge on any atom is 0.225 e. The Morgan fingerprint density at radius 1 is 0.962 bits per heavy atom. The minimum absolute atomic E-state index is 0.145. The maximum atomic E-state index is 9.71. The van der Waals surface area contributed by atoms with E-state index in [-0.39, 0.29) is 21.8 Å². The lowest BCUT2D eigenvalue weighted by Crippen LogP contribution is -2.13. The second-order valence-corrected chi connectivity index (χ2v) is 6.85. The highest BCUT2D eigenvalue weighted by Crippen LogP contribution is 2.35. The van der Waals surface area contributed by atoms with E-state index in [1.807, 2.05) is 50.2 Å². The van der Waals surface area contributed by atoms with Gasteiger partial charge >= 0.3 is 0 Å². The summed E-state index contributed by atoms with van der Waals surface area (Å²) >= 11 is 12.0. The van der Waals surface area contributed by atoms with E-state index in [1.54, 1.807) is 12.1 Å². The molecule has 7 heteroatoms. The van der Waals surface area contributed by atoms with Crippen LogP contribution in [0.3, 0.4) is 0 Å². The number of benzene rings is 2. The molecule has 0 spiro atoms. The van der Waals surface area contributed by atoms with Crippen molar-refractivity contribution in [1.29, 1.82) is 0 Å². The number of nitrogens with one attached hydrogen (secondary N) is 2. The van der Waals surface area contributed by atoms with Crippen molar-refractivity contribution in [3.8, 4) is 17.0 Å². The molecule has 0 fully saturated rings. The van der Waals surface area contributed by atoms with E-state index in [4.69, 9.17) is 23.2 Å². The van der Waals surface area contributed by atoms with Crippen LogP contribution in [0.15, 0.2) is 48.5 Å². The fourth-order valence-electron chi connectivity index (χ4n) is 2.38. The van der Waals surface area contributed by atoms with E-state index in [9.17, 15) is 5.11 Å². The summed E-state index contributed by atoms with van der Waals surface area (Å²) in [6.07, 6.45) is 0. The second kappa shape index (κ2) is 7.81. The Morgan fingerprint density at radius 2 is 1.62 bits per heavy atom. The molecule has 0 atom stereocenters. The van der Waals surface area contributed by atoms with Crippen LogP contribution in [-0.2, 0) is 0 Å². The van der Waals surface area contributed by atoms with Gasteiger partial charge in [-0.15, -0.1) is 0 Å². The Bertz CT molecular complexity index is 894. The summed E-state index contributed by atoms with van der Waals surface area (Å²) < 4.78 is 0. The minimum Gasteiger partial charge on any atom is -0.505 e. The van der Waals surface area contributed by atoms with Crippen molar-refractivity contribution in [2.24, 2.45) is 0 Å². The van der Waals surface area contributed by atoms with Gasteiger partial charge in [0.05, 0.1) is 15.7 Å². The van der Waals surface area contributed by atoms with Gasteiger partial charge in [-0.3, -0.25) is 0 Å². The van der Waals surface area contributed by atoms with E-state index in [2.05, 4.69) is 20.6 Å². The average molecular weight is 389 g/mol. The summed E-state index contributed by atoms with van der Waals surface area (Å²) in [5, 5.41) is 16.4. The summed E-state index contributed by atoms with van der Waals surface area (Å²) in [7, 11) is 0.